The number of carbonyl (C=O) groups excluding carboxylic acids is 1. The number of alkyl halides is 2. The molecular formula is C26H32F2N8O2. The predicted octanol–water partition coefficient (Wildman–Crippen LogP) is 3.11. The standard InChI is InChI=1S/C26H32F2N8O2/c1-17(37)35-8-5-25(6-9-35)15-36(16-25)22-11-21(32-20-10-18(23(27)28)2-7-31-20)33-24(34-22)19(12-29)13-30-14-26(38)3-4-26/h2,7,10-13,23,29-30,38H,3-6,8-9,14-16H2,1H3,(H,31,32,33,34)/b19-13+,29-12?. The van der Waals surface area contributed by atoms with Crippen molar-refractivity contribution in [3.05, 3.63) is 42.0 Å². The summed E-state index contributed by atoms with van der Waals surface area (Å²) in [7, 11) is 0. The van der Waals surface area contributed by atoms with E-state index in [1.54, 1.807) is 19.2 Å². The number of aliphatic hydroxyl groups is 1. The van der Waals surface area contributed by atoms with Gasteiger partial charge >= 0.3 is 0 Å². The Balaban J connectivity index is 1.38. The number of anilines is 3. The topological polar surface area (TPSA) is 130 Å². The molecular weight excluding hydrogens is 494 g/mol. The van der Waals surface area contributed by atoms with Crippen LogP contribution < -0.4 is 15.5 Å². The molecule has 4 N–H and O–H groups in total. The van der Waals surface area contributed by atoms with Gasteiger partial charge in [-0.2, -0.15) is 0 Å². The molecule has 2 aromatic heterocycles. The van der Waals surface area contributed by atoms with Crippen LogP contribution >= 0.6 is 0 Å². The fourth-order valence-electron chi connectivity index (χ4n) is 4.95. The van der Waals surface area contributed by atoms with Crippen LogP contribution in [0.15, 0.2) is 30.6 Å². The molecule has 0 unspecified atom stereocenters. The highest BCUT2D eigenvalue weighted by Crippen LogP contribution is 2.42. The maximum absolute atomic E-state index is 13.2. The number of amides is 1. The molecule has 10 nitrogen and oxygen atoms in total. The Morgan fingerprint density at radius 3 is 2.55 bits per heavy atom. The predicted molar refractivity (Wildman–Crippen MR) is 140 cm³/mol. The summed E-state index contributed by atoms with van der Waals surface area (Å²) in [4.78, 5) is 29.1. The highest BCUT2D eigenvalue weighted by atomic mass is 19.3. The van der Waals surface area contributed by atoms with Crippen molar-refractivity contribution in [3.63, 3.8) is 0 Å². The Labute approximate surface area is 219 Å². The smallest absolute Gasteiger partial charge is 0.264 e. The number of allylic oxidation sites excluding steroid dienone is 1. The first kappa shape index (κ1) is 26.0. The van der Waals surface area contributed by atoms with Crippen molar-refractivity contribution in [2.45, 2.75) is 44.6 Å². The van der Waals surface area contributed by atoms with Crippen molar-refractivity contribution < 1.29 is 18.7 Å². The van der Waals surface area contributed by atoms with Gasteiger partial charge in [-0.1, -0.05) is 0 Å². The number of pyridine rings is 1. The van der Waals surface area contributed by atoms with Crippen molar-refractivity contribution in [1.29, 1.82) is 5.41 Å². The summed E-state index contributed by atoms with van der Waals surface area (Å²) < 4.78 is 26.4. The molecule has 202 valence electrons. The second-order valence-corrected chi connectivity index (χ2v) is 10.5. The zero-order valence-corrected chi connectivity index (χ0v) is 21.3. The van der Waals surface area contributed by atoms with Gasteiger partial charge in [-0.15, -0.1) is 0 Å². The highest BCUT2D eigenvalue weighted by Gasteiger charge is 2.46. The molecule has 12 heteroatoms. The number of carbonyl (C=O) groups is 1. The minimum atomic E-state index is -2.62. The molecule has 1 aliphatic carbocycles. The molecule has 0 radical (unpaired) electrons. The maximum Gasteiger partial charge on any atom is 0.264 e. The number of halogens is 2. The number of rotatable bonds is 9. The monoisotopic (exact) mass is 526 g/mol. The normalized spacial score (nSPS) is 19.8. The van der Waals surface area contributed by atoms with Crippen LogP contribution in [-0.2, 0) is 4.79 Å². The van der Waals surface area contributed by atoms with Gasteiger partial charge in [0.2, 0.25) is 5.91 Å². The van der Waals surface area contributed by atoms with E-state index in [9.17, 15) is 18.7 Å². The first-order valence-electron chi connectivity index (χ1n) is 12.8. The number of hydrogen-bond acceptors (Lipinski definition) is 9. The van der Waals surface area contributed by atoms with Gasteiger partial charge in [0.25, 0.3) is 6.43 Å². The fourth-order valence-corrected chi connectivity index (χ4v) is 4.95. The van der Waals surface area contributed by atoms with Gasteiger partial charge in [0.05, 0.1) is 11.2 Å². The van der Waals surface area contributed by atoms with Gasteiger partial charge in [0, 0.05) is 75.3 Å². The lowest BCUT2D eigenvalue weighted by atomic mass is 9.72. The minimum absolute atomic E-state index is 0.102. The average molecular weight is 527 g/mol. The molecule has 0 aromatic carbocycles. The van der Waals surface area contributed by atoms with E-state index in [-0.39, 0.29) is 28.5 Å². The summed E-state index contributed by atoms with van der Waals surface area (Å²) >= 11 is 0. The lowest BCUT2D eigenvalue weighted by Gasteiger charge is -2.54. The van der Waals surface area contributed by atoms with E-state index in [0.29, 0.717) is 23.8 Å². The molecule has 2 aromatic rings. The van der Waals surface area contributed by atoms with Gasteiger partial charge in [-0.3, -0.25) is 4.79 Å². The average Bonchev–Trinajstić information content (AvgIpc) is 3.62. The van der Waals surface area contributed by atoms with Crippen LogP contribution in [0.3, 0.4) is 0 Å². The Kier molecular flexibility index (Phi) is 6.99. The maximum atomic E-state index is 13.2. The molecule has 0 bridgehead atoms. The lowest BCUT2D eigenvalue weighted by Crippen LogP contribution is -2.61. The van der Waals surface area contributed by atoms with Crippen LogP contribution in [0, 0.1) is 10.8 Å². The van der Waals surface area contributed by atoms with Crippen molar-refractivity contribution in [2.75, 3.05) is 42.9 Å². The summed E-state index contributed by atoms with van der Waals surface area (Å²) in [5.74, 6) is 1.63. The molecule has 5 rings (SSSR count). The molecule has 1 amide bonds. The van der Waals surface area contributed by atoms with E-state index in [2.05, 4.69) is 25.5 Å². The van der Waals surface area contributed by atoms with Crippen LogP contribution in [0.1, 0.15) is 50.4 Å². The summed E-state index contributed by atoms with van der Waals surface area (Å²) in [6, 6.07) is 4.29. The minimum Gasteiger partial charge on any atom is -0.388 e. The molecule has 38 heavy (non-hydrogen) atoms. The van der Waals surface area contributed by atoms with Crippen molar-refractivity contribution in [3.8, 4) is 0 Å². The molecule has 1 saturated carbocycles. The largest absolute Gasteiger partial charge is 0.388 e. The molecule has 4 heterocycles. The van der Waals surface area contributed by atoms with Crippen molar-refractivity contribution in [2.24, 2.45) is 5.41 Å². The van der Waals surface area contributed by atoms with E-state index in [1.165, 1.54) is 18.3 Å². The quantitative estimate of drug-likeness (QED) is 0.367. The lowest BCUT2D eigenvalue weighted by molar-refractivity contribution is -0.131. The Morgan fingerprint density at radius 2 is 1.92 bits per heavy atom. The second-order valence-electron chi connectivity index (χ2n) is 10.5. The Morgan fingerprint density at radius 1 is 1.18 bits per heavy atom. The van der Waals surface area contributed by atoms with Crippen molar-refractivity contribution >= 4 is 35.1 Å². The van der Waals surface area contributed by atoms with Gasteiger partial charge in [-0.05, 0) is 37.8 Å². The van der Waals surface area contributed by atoms with Crippen molar-refractivity contribution in [1.82, 2.24) is 25.2 Å². The molecule has 3 aliphatic rings. The first-order valence-corrected chi connectivity index (χ1v) is 12.8. The molecule has 3 fully saturated rings. The number of aromatic nitrogens is 3. The third-order valence-corrected chi connectivity index (χ3v) is 7.58. The van der Waals surface area contributed by atoms with Crippen LogP contribution in [0.25, 0.3) is 5.57 Å². The van der Waals surface area contributed by atoms with Gasteiger partial charge in [0.1, 0.15) is 17.5 Å². The second kappa shape index (κ2) is 10.2. The van der Waals surface area contributed by atoms with Gasteiger partial charge in [0.15, 0.2) is 5.82 Å². The number of piperidine rings is 1. The zero-order chi connectivity index (χ0) is 26.9. The van der Waals surface area contributed by atoms with Gasteiger partial charge < -0.3 is 30.9 Å². The molecule has 2 saturated heterocycles. The number of likely N-dealkylation sites (tertiary alicyclic amines) is 1. The van der Waals surface area contributed by atoms with E-state index < -0.39 is 12.0 Å². The van der Waals surface area contributed by atoms with E-state index in [1.807, 2.05) is 4.90 Å². The fraction of sp³-hybridized carbons (Fsp3) is 0.500. The van der Waals surface area contributed by atoms with E-state index in [4.69, 9.17) is 10.4 Å². The van der Waals surface area contributed by atoms with Crippen LogP contribution in [0.4, 0.5) is 26.2 Å². The number of nitrogens with zero attached hydrogens (tertiary/aromatic N) is 5. The first-order chi connectivity index (χ1) is 18.2. The number of nitrogens with one attached hydrogen (secondary N) is 3. The molecule has 1 spiro atoms. The Bertz CT molecular complexity index is 1230. The van der Waals surface area contributed by atoms with E-state index in [0.717, 1.165) is 58.1 Å². The summed E-state index contributed by atoms with van der Waals surface area (Å²) in [6.07, 6.45) is 4.76. The van der Waals surface area contributed by atoms with Gasteiger partial charge in [-0.25, -0.2) is 23.7 Å². The SMILES string of the molecule is CC(=O)N1CCC2(CC1)CN(c1cc(Nc3cc(C(F)F)ccn3)nc(/C(C=N)=C/NCC3(O)CC3)n1)C2. The summed E-state index contributed by atoms with van der Waals surface area (Å²) in [5.41, 5.74) is -0.316. The van der Waals surface area contributed by atoms with E-state index >= 15 is 0 Å². The number of hydrogen-bond donors (Lipinski definition) is 4. The molecule has 2 aliphatic heterocycles. The summed E-state index contributed by atoms with van der Waals surface area (Å²) in [6.45, 7) is 5.02. The third-order valence-electron chi connectivity index (χ3n) is 7.58. The van der Waals surface area contributed by atoms with Crippen LogP contribution in [0.5, 0.6) is 0 Å². The zero-order valence-electron chi connectivity index (χ0n) is 21.3. The molecule has 0 atom stereocenters. The highest BCUT2D eigenvalue weighted by molar-refractivity contribution is 6.06. The summed E-state index contributed by atoms with van der Waals surface area (Å²) in [5, 5.41) is 24.1. The third kappa shape index (κ3) is 5.74. The Hall–Kier alpha value is -3.67. The van der Waals surface area contributed by atoms with Crippen LogP contribution in [-0.4, -0.2) is 75.4 Å². The van der Waals surface area contributed by atoms with Crippen LogP contribution in [0.2, 0.25) is 0 Å².